The second-order valence-corrected chi connectivity index (χ2v) is 6.12. The van der Waals surface area contributed by atoms with Crippen molar-refractivity contribution in [3.8, 4) is 0 Å². The first-order valence-electron chi connectivity index (χ1n) is 7.30. The van der Waals surface area contributed by atoms with E-state index in [4.69, 9.17) is 16.0 Å². The van der Waals surface area contributed by atoms with Crippen LogP contribution >= 0.6 is 11.6 Å². The number of furan rings is 1. The van der Waals surface area contributed by atoms with Crippen molar-refractivity contribution in [2.24, 2.45) is 0 Å². The summed E-state index contributed by atoms with van der Waals surface area (Å²) in [6, 6.07) is 9.38. The fourth-order valence-electron chi connectivity index (χ4n) is 2.81. The molecule has 0 aliphatic carbocycles. The molecule has 5 nitrogen and oxygen atoms in total. The minimum absolute atomic E-state index is 0.0556. The summed E-state index contributed by atoms with van der Waals surface area (Å²) < 4.78 is 5.46. The molecule has 1 atom stereocenters. The van der Waals surface area contributed by atoms with Crippen molar-refractivity contribution in [2.75, 3.05) is 13.6 Å². The van der Waals surface area contributed by atoms with Crippen LogP contribution in [-0.2, 0) is 16.1 Å². The molecule has 0 saturated carbocycles. The highest BCUT2D eigenvalue weighted by Crippen LogP contribution is 2.30. The lowest BCUT2D eigenvalue weighted by molar-refractivity contribution is -0.156. The fraction of sp³-hybridized carbons (Fsp3) is 0.294. The first-order chi connectivity index (χ1) is 11.0. The van der Waals surface area contributed by atoms with E-state index in [9.17, 15) is 9.59 Å². The van der Waals surface area contributed by atoms with Crippen LogP contribution in [0.2, 0.25) is 5.02 Å². The number of halogens is 1. The molecule has 2 heterocycles. The Balaban J connectivity index is 1.92. The first-order valence-corrected chi connectivity index (χ1v) is 7.67. The zero-order valence-electron chi connectivity index (χ0n) is 13.0. The van der Waals surface area contributed by atoms with Crippen LogP contribution in [0.25, 0.3) is 0 Å². The Morgan fingerprint density at radius 2 is 2.09 bits per heavy atom. The summed E-state index contributed by atoms with van der Waals surface area (Å²) in [5.41, 5.74) is 1.98. The van der Waals surface area contributed by atoms with Gasteiger partial charge >= 0.3 is 0 Å². The third-order valence-corrected chi connectivity index (χ3v) is 4.45. The number of nitrogens with zero attached hydrogens (tertiary/aromatic N) is 2. The van der Waals surface area contributed by atoms with Crippen molar-refractivity contribution in [3.63, 3.8) is 0 Å². The SMILES string of the molecule is Cc1ccc(CN2CC(=O)C(=O)N(C)C2c2ccco2)cc1Cl. The van der Waals surface area contributed by atoms with Crippen LogP contribution < -0.4 is 0 Å². The van der Waals surface area contributed by atoms with Crippen molar-refractivity contribution < 1.29 is 14.0 Å². The monoisotopic (exact) mass is 332 g/mol. The summed E-state index contributed by atoms with van der Waals surface area (Å²) in [5, 5.41) is 0.685. The number of likely N-dealkylation sites (N-methyl/N-ethyl adjacent to an activating group) is 1. The number of carbonyl (C=O) groups excluding carboxylic acids is 2. The Labute approximate surface area is 139 Å². The van der Waals surface area contributed by atoms with Gasteiger partial charge in [-0.05, 0) is 36.2 Å². The minimum Gasteiger partial charge on any atom is -0.466 e. The normalized spacial score (nSPS) is 19.4. The van der Waals surface area contributed by atoms with E-state index in [1.807, 2.05) is 30.0 Å². The third kappa shape index (κ3) is 3.02. The van der Waals surface area contributed by atoms with Gasteiger partial charge in [0.15, 0.2) is 0 Å². The van der Waals surface area contributed by atoms with Gasteiger partial charge in [0.05, 0.1) is 12.8 Å². The number of benzene rings is 1. The maximum Gasteiger partial charge on any atom is 0.292 e. The lowest BCUT2D eigenvalue weighted by atomic mass is 10.1. The summed E-state index contributed by atoms with van der Waals surface area (Å²) in [6.07, 6.45) is 1.15. The number of hydrogen-bond donors (Lipinski definition) is 0. The average molecular weight is 333 g/mol. The Morgan fingerprint density at radius 3 is 2.74 bits per heavy atom. The van der Waals surface area contributed by atoms with Crippen LogP contribution in [0, 0.1) is 6.92 Å². The van der Waals surface area contributed by atoms with Crippen molar-refractivity contribution in [1.29, 1.82) is 0 Å². The first kappa shape index (κ1) is 15.8. The van der Waals surface area contributed by atoms with Gasteiger partial charge in [-0.25, -0.2) is 0 Å². The van der Waals surface area contributed by atoms with Crippen molar-refractivity contribution in [2.45, 2.75) is 19.6 Å². The molecule has 0 N–H and O–H groups in total. The van der Waals surface area contributed by atoms with Gasteiger partial charge in [0.2, 0.25) is 5.78 Å². The molecule has 0 radical (unpaired) electrons. The summed E-state index contributed by atoms with van der Waals surface area (Å²) in [5.74, 6) is -0.287. The van der Waals surface area contributed by atoms with Crippen LogP contribution in [0.1, 0.15) is 23.1 Å². The van der Waals surface area contributed by atoms with Gasteiger partial charge in [0, 0.05) is 18.6 Å². The van der Waals surface area contributed by atoms with Crippen LogP contribution in [0.5, 0.6) is 0 Å². The molecule has 1 aromatic carbocycles. The summed E-state index contributed by atoms with van der Waals surface area (Å²) in [4.78, 5) is 27.3. The predicted octanol–water partition coefficient (Wildman–Crippen LogP) is 2.78. The molecule has 0 bridgehead atoms. The highest BCUT2D eigenvalue weighted by molar-refractivity contribution is 6.37. The molecule has 23 heavy (non-hydrogen) atoms. The van der Waals surface area contributed by atoms with Crippen LogP contribution in [-0.4, -0.2) is 35.1 Å². The Morgan fingerprint density at radius 1 is 1.30 bits per heavy atom. The number of amides is 1. The van der Waals surface area contributed by atoms with Gasteiger partial charge in [-0.1, -0.05) is 23.7 Å². The van der Waals surface area contributed by atoms with Gasteiger partial charge in [-0.2, -0.15) is 0 Å². The van der Waals surface area contributed by atoms with Gasteiger partial charge in [0.1, 0.15) is 11.9 Å². The van der Waals surface area contributed by atoms with Gasteiger partial charge < -0.3 is 9.32 Å². The van der Waals surface area contributed by atoms with E-state index >= 15 is 0 Å². The maximum absolute atomic E-state index is 12.0. The molecule has 6 heteroatoms. The summed E-state index contributed by atoms with van der Waals surface area (Å²) in [6.45, 7) is 2.49. The highest BCUT2D eigenvalue weighted by Gasteiger charge is 2.39. The molecule has 120 valence electrons. The Bertz CT molecular complexity index is 742. The molecular formula is C17H17ClN2O3. The summed E-state index contributed by atoms with van der Waals surface area (Å²) in [7, 11) is 1.61. The standard InChI is InChI=1S/C17H17ClN2O3/c1-11-5-6-12(8-13(11)18)9-20-10-14(21)17(22)19(2)16(20)15-4-3-7-23-15/h3-8,16H,9-10H2,1-2H3. The number of carbonyl (C=O) groups is 2. The van der Waals surface area contributed by atoms with E-state index in [-0.39, 0.29) is 6.54 Å². The second kappa shape index (κ2) is 6.18. The topological polar surface area (TPSA) is 53.8 Å². The Kier molecular flexibility index (Phi) is 4.24. The molecule has 1 fully saturated rings. The van der Waals surface area contributed by atoms with Gasteiger partial charge in [-0.15, -0.1) is 0 Å². The molecule has 1 aliphatic heterocycles. The average Bonchev–Trinajstić information content (AvgIpc) is 3.03. The largest absolute Gasteiger partial charge is 0.466 e. The van der Waals surface area contributed by atoms with Crippen LogP contribution in [0.15, 0.2) is 41.0 Å². The molecule has 0 spiro atoms. The third-order valence-electron chi connectivity index (χ3n) is 4.04. The van der Waals surface area contributed by atoms with Crippen molar-refractivity contribution >= 4 is 23.3 Å². The highest BCUT2D eigenvalue weighted by atomic mass is 35.5. The van der Waals surface area contributed by atoms with E-state index in [2.05, 4.69) is 0 Å². The van der Waals surface area contributed by atoms with E-state index in [0.29, 0.717) is 17.3 Å². The fourth-order valence-corrected chi connectivity index (χ4v) is 3.01. The number of hydrogen-bond acceptors (Lipinski definition) is 4. The molecule has 1 amide bonds. The summed E-state index contributed by atoms with van der Waals surface area (Å²) >= 11 is 6.18. The number of rotatable bonds is 3. The minimum atomic E-state index is -0.496. The zero-order valence-corrected chi connectivity index (χ0v) is 13.7. The molecule has 3 rings (SSSR count). The van der Waals surface area contributed by atoms with Crippen LogP contribution in [0.4, 0.5) is 0 Å². The molecule has 2 aromatic rings. The quantitative estimate of drug-likeness (QED) is 0.811. The predicted molar refractivity (Wildman–Crippen MR) is 85.8 cm³/mol. The lowest BCUT2D eigenvalue weighted by Gasteiger charge is -2.39. The van der Waals surface area contributed by atoms with E-state index in [1.165, 1.54) is 4.90 Å². The van der Waals surface area contributed by atoms with E-state index < -0.39 is 17.9 Å². The second-order valence-electron chi connectivity index (χ2n) is 5.72. The number of ketones is 1. The smallest absolute Gasteiger partial charge is 0.292 e. The van der Waals surface area contributed by atoms with E-state index in [0.717, 1.165) is 11.1 Å². The molecular weight excluding hydrogens is 316 g/mol. The molecule has 1 aliphatic rings. The number of aryl methyl sites for hydroxylation is 1. The van der Waals surface area contributed by atoms with Crippen LogP contribution in [0.3, 0.4) is 0 Å². The van der Waals surface area contributed by atoms with Gasteiger partial charge in [0.25, 0.3) is 5.91 Å². The van der Waals surface area contributed by atoms with E-state index in [1.54, 1.807) is 25.4 Å². The zero-order chi connectivity index (χ0) is 16.6. The molecule has 1 saturated heterocycles. The maximum atomic E-state index is 12.0. The molecule has 1 aromatic heterocycles. The van der Waals surface area contributed by atoms with Crippen molar-refractivity contribution in [3.05, 3.63) is 58.5 Å². The Hall–Kier alpha value is -2.11. The number of Topliss-reactive ketones (excluding diaryl/α,β-unsaturated/α-hetero) is 1. The molecule has 1 unspecified atom stereocenters. The lowest BCUT2D eigenvalue weighted by Crippen LogP contribution is -2.53. The van der Waals surface area contributed by atoms with Gasteiger partial charge in [-0.3, -0.25) is 14.5 Å². The van der Waals surface area contributed by atoms with Crippen molar-refractivity contribution in [1.82, 2.24) is 9.80 Å².